The van der Waals surface area contributed by atoms with Crippen molar-refractivity contribution < 1.29 is 27.9 Å². The summed E-state index contributed by atoms with van der Waals surface area (Å²) in [6.45, 7) is 3.74. The molecule has 0 aliphatic carbocycles. The maximum atomic E-state index is 13.4. The molecular weight excluding hydrogens is 532 g/mol. The first kappa shape index (κ1) is 29.2. The van der Waals surface area contributed by atoms with Gasteiger partial charge in [0.15, 0.2) is 0 Å². The number of hydrogen-bond acceptors (Lipinski definition) is 7. The molecule has 0 bridgehead atoms. The summed E-state index contributed by atoms with van der Waals surface area (Å²) >= 11 is 0. The number of nitrogens with zero attached hydrogens (tertiary/aromatic N) is 3. The van der Waals surface area contributed by atoms with E-state index in [0.29, 0.717) is 22.6 Å². The van der Waals surface area contributed by atoms with Crippen molar-refractivity contribution in [1.82, 2.24) is 14.2 Å². The van der Waals surface area contributed by atoms with Crippen molar-refractivity contribution >= 4 is 27.5 Å². The smallest absolute Gasteiger partial charge is 0.255 e. The fourth-order valence-electron chi connectivity index (χ4n) is 4.56. The van der Waals surface area contributed by atoms with Crippen LogP contribution >= 0.6 is 0 Å². The molecule has 10 nitrogen and oxygen atoms in total. The first-order valence-electron chi connectivity index (χ1n) is 13.0. The second-order valence-electron chi connectivity index (χ2n) is 10.00. The Hall–Kier alpha value is -3.80. The summed E-state index contributed by atoms with van der Waals surface area (Å²) in [7, 11) is -2.28. The van der Waals surface area contributed by atoms with Gasteiger partial charge < -0.3 is 20.1 Å². The molecular formula is C29H34N4O6S. The molecule has 2 heterocycles. The number of rotatable bonds is 8. The van der Waals surface area contributed by atoms with E-state index in [4.69, 9.17) is 4.74 Å². The number of carbonyl (C=O) groups excluding carboxylic acids is 2. The number of sulfonamides is 1. The number of nitrogens with one attached hydrogen (secondary N) is 1. The highest BCUT2D eigenvalue weighted by Crippen LogP contribution is 2.30. The van der Waals surface area contributed by atoms with Crippen LogP contribution in [0.25, 0.3) is 0 Å². The molecule has 1 aliphatic heterocycles. The minimum atomic E-state index is -3.78. The molecule has 3 atom stereocenters. The molecule has 2 aromatic carbocycles. The third-order valence-corrected chi connectivity index (χ3v) is 8.84. The summed E-state index contributed by atoms with van der Waals surface area (Å²) in [5.74, 6) is -0.381. The van der Waals surface area contributed by atoms with E-state index < -0.39 is 22.2 Å². The molecule has 0 spiro atoms. The fourth-order valence-corrected chi connectivity index (χ4v) is 5.76. The molecule has 40 heavy (non-hydrogen) atoms. The van der Waals surface area contributed by atoms with E-state index in [2.05, 4.69) is 10.3 Å². The molecule has 0 fully saturated rings. The summed E-state index contributed by atoms with van der Waals surface area (Å²) in [6.07, 6.45) is 2.42. The summed E-state index contributed by atoms with van der Waals surface area (Å²) in [6, 6.07) is 16.0. The largest absolute Gasteiger partial charge is 0.488 e. The van der Waals surface area contributed by atoms with Gasteiger partial charge in [-0.05, 0) is 49.4 Å². The number of anilines is 1. The van der Waals surface area contributed by atoms with Crippen molar-refractivity contribution in [2.75, 3.05) is 32.1 Å². The van der Waals surface area contributed by atoms with E-state index in [-0.39, 0.29) is 48.7 Å². The molecule has 0 saturated carbocycles. The Morgan fingerprint density at radius 2 is 1.88 bits per heavy atom. The topological polar surface area (TPSA) is 129 Å². The highest BCUT2D eigenvalue weighted by atomic mass is 32.2. The second kappa shape index (κ2) is 12.6. The van der Waals surface area contributed by atoms with E-state index in [1.807, 2.05) is 6.92 Å². The van der Waals surface area contributed by atoms with Crippen molar-refractivity contribution in [3.8, 4) is 5.75 Å². The molecule has 2 amide bonds. The van der Waals surface area contributed by atoms with Crippen molar-refractivity contribution in [3.05, 3.63) is 84.2 Å². The van der Waals surface area contributed by atoms with Gasteiger partial charge in [0.1, 0.15) is 11.9 Å². The van der Waals surface area contributed by atoms with Crippen molar-refractivity contribution in [3.63, 3.8) is 0 Å². The predicted octanol–water partition coefficient (Wildman–Crippen LogP) is 2.80. The minimum absolute atomic E-state index is 0.0176. The zero-order valence-corrected chi connectivity index (χ0v) is 23.5. The highest BCUT2D eigenvalue weighted by molar-refractivity contribution is 7.89. The van der Waals surface area contributed by atoms with Gasteiger partial charge in [0, 0.05) is 48.7 Å². The van der Waals surface area contributed by atoms with Crippen LogP contribution < -0.4 is 10.1 Å². The van der Waals surface area contributed by atoms with E-state index in [9.17, 15) is 23.1 Å². The van der Waals surface area contributed by atoms with Crippen LogP contribution in [0.1, 0.15) is 29.8 Å². The average Bonchev–Trinajstić information content (AvgIpc) is 3.01. The fraction of sp³-hybridized carbons (Fsp3) is 0.345. The van der Waals surface area contributed by atoms with E-state index >= 15 is 0 Å². The van der Waals surface area contributed by atoms with Crippen LogP contribution in [-0.4, -0.2) is 78.4 Å². The Morgan fingerprint density at radius 1 is 1.18 bits per heavy atom. The van der Waals surface area contributed by atoms with Crippen LogP contribution in [0, 0.1) is 5.92 Å². The molecule has 0 radical (unpaired) electrons. The zero-order valence-electron chi connectivity index (χ0n) is 22.7. The number of likely N-dealkylation sites (N-methyl/N-ethyl adjacent to an activating group) is 1. The Balaban J connectivity index is 1.65. The van der Waals surface area contributed by atoms with Crippen LogP contribution in [0.5, 0.6) is 5.75 Å². The summed E-state index contributed by atoms with van der Waals surface area (Å²) < 4.78 is 34.2. The van der Waals surface area contributed by atoms with Gasteiger partial charge in [-0.3, -0.25) is 14.6 Å². The van der Waals surface area contributed by atoms with Gasteiger partial charge >= 0.3 is 0 Å². The third kappa shape index (κ3) is 6.67. The van der Waals surface area contributed by atoms with E-state index in [1.54, 1.807) is 72.5 Å². The summed E-state index contributed by atoms with van der Waals surface area (Å²) in [5, 5.41) is 12.7. The molecule has 2 N–H and O–H groups in total. The number of pyridine rings is 1. The van der Waals surface area contributed by atoms with Gasteiger partial charge in [0.25, 0.3) is 5.91 Å². The molecule has 3 aromatic rings. The Bertz CT molecular complexity index is 1440. The van der Waals surface area contributed by atoms with Gasteiger partial charge in [-0.1, -0.05) is 25.1 Å². The average molecular weight is 567 g/mol. The first-order chi connectivity index (χ1) is 19.1. The number of benzene rings is 2. The molecule has 11 heteroatoms. The van der Waals surface area contributed by atoms with Crippen LogP contribution in [0.4, 0.5) is 5.69 Å². The maximum Gasteiger partial charge on any atom is 0.255 e. The molecule has 212 valence electrons. The van der Waals surface area contributed by atoms with E-state index in [0.717, 1.165) is 0 Å². The lowest BCUT2D eigenvalue weighted by Crippen LogP contribution is -2.48. The molecule has 1 aromatic heterocycles. The lowest BCUT2D eigenvalue weighted by Gasteiger charge is -2.33. The predicted molar refractivity (Wildman–Crippen MR) is 150 cm³/mol. The maximum absolute atomic E-state index is 13.4. The van der Waals surface area contributed by atoms with Crippen LogP contribution in [0.3, 0.4) is 0 Å². The second-order valence-corrected chi connectivity index (χ2v) is 12.0. The van der Waals surface area contributed by atoms with Gasteiger partial charge in [-0.15, -0.1) is 0 Å². The number of aliphatic hydroxyl groups excluding tert-OH is 1. The van der Waals surface area contributed by atoms with Crippen LogP contribution in [0.2, 0.25) is 0 Å². The van der Waals surface area contributed by atoms with Crippen molar-refractivity contribution in [2.24, 2.45) is 5.92 Å². The molecule has 4 rings (SSSR count). The van der Waals surface area contributed by atoms with Gasteiger partial charge in [-0.2, -0.15) is 4.31 Å². The van der Waals surface area contributed by atoms with Gasteiger partial charge in [0.2, 0.25) is 15.9 Å². The highest BCUT2D eigenvalue weighted by Gasteiger charge is 2.33. The number of hydrogen-bond donors (Lipinski definition) is 2. The Labute approximate surface area is 234 Å². The number of aromatic nitrogens is 1. The number of fused-ring (bicyclic) bond motifs is 1. The summed E-state index contributed by atoms with van der Waals surface area (Å²) in [5.41, 5.74) is 1.46. The number of aliphatic hydroxyl groups is 1. The lowest BCUT2D eigenvalue weighted by atomic mass is 10.0. The number of carbonyl (C=O) groups is 2. The SMILES string of the molecule is C[C@H]1CN([C@@H](C)CO)C(=O)Cc2cc(NC(=O)c3ccncc3)ccc2O[C@@H]1CN(C)S(=O)(=O)c1ccccc1. The lowest BCUT2D eigenvalue weighted by molar-refractivity contribution is -0.134. The van der Waals surface area contributed by atoms with Crippen molar-refractivity contribution in [2.45, 2.75) is 37.3 Å². The van der Waals surface area contributed by atoms with E-state index in [1.165, 1.54) is 23.7 Å². The summed E-state index contributed by atoms with van der Waals surface area (Å²) in [4.78, 5) is 31.8. The molecule has 0 saturated heterocycles. The minimum Gasteiger partial charge on any atom is -0.488 e. The third-order valence-electron chi connectivity index (χ3n) is 7.01. The van der Waals surface area contributed by atoms with Crippen LogP contribution in [-0.2, 0) is 21.2 Å². The van der Waals surface area contributed by atoms with Gasteiger partial charge in [-0.25, -0.2) is 8.42 Å². The number of amides is 2. The zero-order chi connectivity index (χ0) is 28.9. The monoisotopic (exact) mass is 566 g/mol. The molecule has 0 unspecified atom stereocenters. The normalized spacial score (nSPS) is 18.6. The Kier molecular flexibility index (Phi) is 9.18. The number of ether oxygens (including phenoxy) is 1. The quantitative estimate of drug-likeness (QED) is 0.429. The standard InChI is InChI=1S/C29H34N4O6S/c1-20-17-33(21(2)19-34)28(35)16-23-15-24(31-29(36)22-11-13-30-14-12-22)9-10-26(23)39-27(20)18-32(3)40(37,38)25-7-5-4-6-8-25/h4-15,20-21,27,34H,16-19H2,1-3H3,(H,31,36)/t20-,21-,27+/m0/s1. The van der Waals surface area contributed by atoms with Crippen LogP contribution in [0.15, 0.2) is 78.0 Å². The van der Waals surface area contributed by atoms with Gasteiger partial charge in [0.05, 0.1) is 30.5 Å². The Morgan fingerprint density at radius 3 is 2.55 bits per heavy atom. The van der Waals surface area contributed by atoms with Crippen molar-refractivity contribution in [1.29, 1.82) is 0 Å². The first-order valence-corrected chi connectivity index (χ1v) is 14.5. The molecule has 1 aliphatic rings.